The fourth-order valence-corrected chi connectivity index (χ4v) is 5.26. The second kappa shape index (κ2) is 12.5. The van der Waals surface area contributed by atoms with Crippen molar-refractivity contribution in [3.63, 3.8) is 0 Å². The molecule has 0 radical (unpaired) electrons. The van der Waals surface area contributed by atoms with E-state index in [1.165, 1.54) is 20.3 Å². The summed E-state index contributed by atoms with van der Waals surface area (Å²) in [6.07, 6.45) is 3.03. The van der Waals surface area contributed by atoms with E-state index in [1.807, 2.05) is 0 Å². The minimum Gasteiger partial charge on any atom is -0.507 e. The molecule has 1 saturated heterocycles. The summed E-state index contributed by atoms with van der Waals surface area (Å²) in [7, 11) is 2.92. The van der Waals surface area contributed by atoms with Crippen LogP contribution >= 0.6 is 11.3 Å². The second-order valence-electron chi connectivity index (χ2n) is 8.70. The standard InChI is InChI=1S/C30H28N2O8S/c1-6-14-39-19-10-8-18(9-11-19)25(33)23-24(21-16-20(37-4)12-13-22(21)38-5)32(28(35)26(23)34)30-31-17(3)27(41-30)29(36)40-15-7-2/h6-13,16,24,33H,1-2,14-15H2,3-5H3/b25-23+. The Morgan fingerprint density at radius 2 is 1.73 bits per heavy atom. The van der Waals surface area contributed by atoms with E-state index in [2.05, 4.69) is 18.1 Å². The van der Waals surface area contributed by atoms with E-state index in [9.17, 15) is 19.5 Å². The Labute approximate surface area is 240 Å². The summed E-state index contributed by atoms with van der Waals surface area (Å²) in [6, 6.07) is 10.1. The predicted molar refractivity (Wildman–Crippen MR) is 154 cm³/mol. The number of hydrogen-bond donors (Lipinski definition) is 1. The molecule has 1 atom stereocenters. The number of aliphatic hydroxyl groups excluding tert-OH is 1. The summed E-state index contributed by atoms with van der Waals surface area (Å²) >= 11 is 0.894. The Kier molecular flexibility index (Phi) is 8.88. The first-order valence-electron chi connectivity index (χ1n) is 12.4. The first-order valence-corrected chi connectivity index (χ1v) is 13.2. The molecule has 212 valence electrons. The van der Waals surface area contributed by atoms with Gasteiger partial charge in [-0.1, -0.05) is 36.6 Å². The van der Waals surface area contributed by atoms with Crippen LogP contribution in [0.5, 0.6) is 17.2 Å². The Hall–Kier alpha value is -4.90. The molecule has 1 unspecified atom stereocenters. The molecular formula is C30H28N2O8S. The molecule has 0 spiro atoms. The minimum absolute atomic E-state index is 0.00551. The molecule has 0 aliphatic carbocycles. The smallest absolute Gasteiger partial charge is 0.350 e. The van der Waals surface area contributed by atoms with E-state index in [0.717, 1.165) is 16.2 Å². The van der Waals surface area contributed by atoms with Gasteiger partial charge in [-0.2, -0.15) is 0 Å². The number of hydrogen-bond acceptors (Lipinski definition) is 10. The second-order valence-corrected chi connectivity index (χ2v) is 9.68. The quantitative estimate of drug-likeness (QED) is 0.110. The number of aliphatic hydroxyl groups is 1. The van der Waals surface area contributed by atoms with Gasteiger partial charge in [0.25, 0.3) is 5.78 Å². The van der Waals surface area contributed by atoms with E-state index in [-0.39, 0.29) is 27.8 Å². The predicted octanol–water partition coefficient (Wildman–Crippen LogP) is 5.00. The molecule has 1 fully saturated rings. The number of benzene rings is 2. The Bertz CT molecular complexity index is 1540. The number of methoxy groups -OCH3 is 2. The largest absolute Gasteiger partial charge is 0.507 e. The minimum atomic E-state index is -1.17. The van der Waals surface area contributed by atoms with Crippen LogP contribution in [0, 0.1) is 6.92 Å². The molecule has 1 aliphatic rings. The Balaban J connectivity index is 1.91. The van der Waals surface area contributed by atoms with Gasteiger partial charge < -0.3 is 24.1 Å². The molecule has 3 aromatic rings. The van der Waals surface area contributed by atoms with E-state index < -0.39 is 29.5 Å². The van der Waals surface area contributed by atoms with Crippen molar-refractivity contribution in [2.75, 3.05) is 32.3 Å². The lowest BCUT2D eigenvalue weighted by molar-refractivity contribution is -0.132. The van der Waals surface area contributed by atoms with Crippen molar-refractivity contribution in [2.45, 2.75) is 13.0 Å². The number of Topliss-reactive ketones (excluding diaryl/α,β-unsaturated/α-hetero) is 1. The monoisotopic (exact) mass is 576 g/mol. The van der Waals surface area contributed by atoms with Gasteiger partial charge in [0.1, 0.15) is 47.1 Å². The molecule has 4 rings (SSSR count). The third kappa shape index (κ3) is 5.71. The molecule has 2 heterocycles. The normalized spacial score (nSPS) is 15.9. The van der Waals surface area contributed by atoms with Crippen LogP contribution in [0.2, 0.25) is 0 Å². The van der Waals surface area contributed by atoms with Crippen LogP contribution in [-0.2, 0) is 14.3 Å². The van der Waals surface area contributed by atoms with Crippen LogP contribution in [0.3, 0.4) is 0 Å². The van der Waals surface area contributed by atoms with Crippen molar-refractivity contribution >= 4 is 39.9 Å². The van der Waals surface area contributed by atoms with Gasteiger partial charge in [0, 0.05) is 11.1 Å². The third-order valence-corrected chi connectivity index (χ3v) is 7.32. The zero-order valence-corrected chi connectivity index (χ0v) is 23.5. The van der Waals surface area contributed by atoms with Crippen LogP contribution in [0.1, 0.15) is 32.5 Å². The summed E-state index contributed by atoms with van der Waals surface area (Å²) in [4.78, 5) is 45.5. The van der Waals surface area contributed by atoms with Crippen molar-refractivity contribution < 1.29 is 38.4 Å². The number of ketones is 1. The van der Waals surface area contributed by atoms with Crippen molar-refractivity contribution in [3.8, 4) is 17.2 Å². The molecule has 41 heavy (non-hydrogen) atoms. The Morgan fingerprint density at radius 1 is 1.05 bits per heavy atom. The Morgan fingerprint density at radius 3 is 2.37 bits per heavy atom. The number of carbonyl (C=O) groups is 3. The number of aromatic nitrogens is 1. The van der Waals surface area contributed by atoms with Crippen molar-refractivity contribution in [3.05, 3.63) is 95.0 Å². The van der Waals surface area contributed by atoms with Crippen molar-refractivity contribution in [1.29, 1.82) is 0 Å². The summed E-state index contributed by atoms with van der Waals surface area (Å²) < 4.78 is 21.6. The summed E-state index contributed by atoms with van der Waals surface area (Å²) in [6.45, 7) is 9.03. The lowest BCUT2D eigenvalue weighted by atomic mass is 9.94. The van der Waals surface area contributed by atoms with E-state index in [4.69, 9.17) is 18.9 Å². The summed E-state index contributed by atoms with van der Waals surface area (Å²) in [5, 5.41) is 11.5. The van der Waals surface area contributed by atoms with Gasteiger partial charge in [-0.3, -0.25) is 14.5 Å². The van der Waals surface area contributed by atoms with Gasteiger partial charge in [0.15, 0.2) is 5.13 Å². The fourth-order valence-electron chi connectivity index (χ4n) is 4.27. The maximum absolute atomic E-state index is 13.6. The van der Waals surface area contributed by atoms with E-state index in [1.54, 1.807) is 55.5 Å². The van der Waals surface area contributed by atoms with Gasteiger partial charge in [-0.25, -0.2) is 9.78 Å². The molecule has 1 N–H and O–H groups in total. The first kappa shape index (κ1) is 29.1. The molecule has 0 bridgehead atoms. The number of carbonyl (C=O) groups excluding carboxylic acids is 3. The molecule has 11 heteroatoms. The van der Waals surface area contributed by atoms with Crippen LogP contribution in [0.15, 0.2) is 73.3 Å². The van der Waals surface area contributed by atoms with E-state index in [0.29, 0.717) is 35.1 Å². The fraction of sp³-hybridized carbons (Fsp3) is 0.200. The number of nitrogens with zero attached hydrogens (tertiary/aromatic N) is 2. The third-order valence-electron chi connectivity index (χ3n) is 6.18. The molecule has 1 aliphatic heterocycles. The molecule has 1 amide bonds. The van der Waals surface area contributed by atoms with E-state index >= 15 is 0 Å². The maximum Gasteiger partial charge on any atom is 0.350 e. The zero-order chi connectivity index (χ0) is 29.7. The van der Waals surface area contributed by atoms with Crippen LogP contribution < -0.4 is 19.1 Å². The van der Waals surface area contributed by atoms with Gasteiger partial charge >= 0.3 is 11.9 Å². The average Bonchev–Trinajstić information content (AvgIpc) is 3.50. The highest BCUT2D eigenvalue weighted by Crippen LogP contribution is 2.47. The number of aryl methyl sites for hydroxylation is 1. The van der Waals surface area contributed by atoms with Crippen molar-refractivity contribution in [2.24, 2.45) is 0 Å². The number of rotatable bonds is 11. The number of anilines is 1. The SMILES string of the molecule is C=CCOC(=O)c1sc(N2C(=O)C(=O)/C(=C(/O)c3ccc(OCC=C)cc3)C2c2cc(OC)ccc2OC)nc1C. The number of thiazole rings is 1. The molecule has 0 saturated carbocycles. The average molecular weight is 577 g/mol. The first-order chi connectivity index (χ1) is 19.7. The van der Waals surface area contributed by atoms with Gasteiger partial charge in [-0.15, -0.1) is 0 Å². The summed E-state index contributed by atoms with van der Waals surface area (Å²) in [5.41, 5.74) is 0.768. The topological polar surface area (TPSA) is 124 Å². The summed E-state index contributed by atoms with van der Waals surface area (Å²) in [5.74, 6) is -1.63. The highest BCUT2D eigenvalue weighted by atomic mass is 32.1. The molecule has 2 aromatic carbocycles. The lowest BCUT2D eigenvalue weighted by Gasteiger charge is -2.25. The van der Waals surface area contributed by atoms with Crippen LogP contribution in [0.4, 0.5) is 5.13 Å². The highest BCUT2D eigenvalue weighted by molar-refractivity contribution is 7.17. The molecular weight excluding hydrogens is 548 g/mol. The van der Waals surface area contributed by atoms with Crippen LogP contribution in [0.25, 0.3) is 5.76 Å². The van der Waals surface area contributed by atoms with Gasteiger partial charge in [-0.05, 0) is 49.4 Å². The number of amides is 1. The molecule has 10 nitrogen and oxygen atoms in total. The highest BCUT2D eigenvalue weighted by Gasteiger charge is 2.49. The maximum atomic E-state index is 13.6. The van der Waals surface area contributed by atoms with Crippen molar-refractivity contribution in [1.82, 2.24) is 4.98 Å². The number of ether oxygens (including phenoxy) is 4. The number of esters is 1. The molecule has 1 aromatic heterocycles. The van der Waals surface area contributed by atoms with Gasteiger partial charge in [0.05, 0.1) is 25.5 Å². The van der Waals surface area contributed by atoms with Crippen LogP contribution in [-0.4, -0.2) is 55.2 Å². The lowest BCUT2D eigenvalue weighted by Crippen LogP contribution is -2.29. The van der Waals surface area contributed by atoms with Gasteiger partial charge in [0.2, 0.25) is 0 Å². The zero-order valence-electron chi connectivity index (χ0n) is 22.7.